The number of amides is 1. The Morgan fingerprint density at radius 1 is 1.07 bits per heavy atom. The first-order chi connectivity index (χ1) is 14.4. The summed E-state index contributed by atoms with van der Waals surface area (Å²) in [6, 6.07) is 15.3. The van der Waals surface area contributed by atoms with Crippen molar-refractivity contribution in [2.75, 3.05) is 25.0 Å². The number of ether oxygens (including phenoxy) is 2. The first-order valence-electron chi connectivity index (χ1n) is 9.23. The van der Waals surface area contributed by atoms with Crippen molar-refractivity contribution in [2.24, 2.45) is 0 Å². The van der Waals surface area contributed by atoms with Crippen molar-refractivity contribution in [1.29, 1.82) is 0 Å². The molecule has 0 aliphatic carbocycles. The lowest BCUT2D eigenvalue weighted by Gasteiger charge is -2.22. The number of hydrogen-bond acceptors (Lipinski definition) is 6. The van der Waals surface area contributed by atoms with Gasteiger partial charge in [0.15, 0.2) is 11.5 Å². The maximum absolute atomic E-state index is 13.1. The number of hydrogen-bond donors (Lipinski definition) is 1. The van der Waals surface area contributed by atoms with Crippen molar-refractivity contribution in [3.05, 3.63) is 71.1 Å². The van der Waals surface area contributed by atoms with Crippen LogP contribution in [0.2, 0.25) is 0 Å². The molecule has 0 unspecified atom stereocenters. The summed E-state index contributed by atoms with van der Waals surface area (Å²) < 4.78 is 39.0. The van der Waals surface area contributed by atoms with E-state index in [0.717, 1.165) is 16.9 Å². The van der Waals surface area contributed by atoms with Gasteiger partial charge in [0, 0.05) is 13.6 Å². The number of thiophene rings is 1. The number of sulfonamides is 1. The summed E-state index contributed by atoms with van der Waals surface area (Å²) >= 11 is 1.11. The second-order valence-corrected chi connectivity index (χ2v) is 9.58. The van der Waals surface area contributed by atoms with Crippen LogP contribution in [0.1, 0.15) is 15.9 Å². The molecule has 0 radical (unpaired) electrons. The molecule has 4 rings (SSSR count). The van der Waals surface area contributed by atoms with Crippen LogP contribution in [-0.2, 0) is 16.6 Å². The number of anilines is 1. The highest BCUT2D eigenvalue weighted by Crippen LogP contribution is 2.31. The van der Waals surface area contributed by atoms with Gasteiger partial charge in [-0.1, -0.05) is 24.3 Å². The van der Waals surface area contributed by atoms with Crippen LogP contribution in [0.5, 0.6) is 11.5 Å². The molecule has 156 valence electrons. The van der Waals surface area contributed by atoms with Gasteiger partial charge in [-0.25, -0.2) is 8.42 Å². The van der Waals surface area contributed by atoms with Crippen molar-refractivity contribution < 1.29 is 22.7 Å². The van der Waals surface area contributed by atoms with Crippen LogP contribution in [0.25, 0.3) is 0 Å². The van der Waals surface area contributed by atoms with Crippen molar-refractivity contribution in [3.8, 4) is 11.5 Å². The van der Waals surface area contributed by atoms with Crippen molar-refractivity contribution >= 4 is 33.0 Å². The lowest BCUT2D eigenvalue weighted by molar-refractivity contribution is 0.0786. The van der Waals surface area contributed by atoms with Crippen LogP contribution in [0, 0.1) is 0 Å². The molecule has 2 aromatic carbocycles. The minimum Gasteiger partial charge on any atom is -0.486 e. The Morgan fingerprint density at radius 3 is 2.60 bits per heavy atom. The molecule has 1 aliphatic rings. The van der Waals surface area contributed by atoms with Crippen LogP contribution in [-0.4, -0.2) is 39.5 Å². The summed E-state index contributed by atoms with van der Waals surface area (Å²) in [5, 5.41) is 1.69. The van der Waals surface area contributed by atoms with Gasteiger partial charge < -0.3 is 14.4 Å². The second kappa shape index (κ2) is 8.37. The molecule has 0 fully saturated rings. The zero-order chi connectivity index (χ0) is 21.1. The van der Waals surface area contributed by atoms with Gasteiger partial charge in [-0.2, -0.15) is 0 Å². The third-order valence-electron chi connectivity index (χ3n) is 4.53. The molecule has 2 heterocycles. The minimum atomic E-state index is -3.75. The van der Waals surface area contributed by atoms with Gasteiger partial charge in [-0.3, -0.25) is 9.52 Å². The van der Waals surface area contributed by atoms with Gasteiger partial charge in [0.1, 0.15) is 17.4 Å². The van der Waals surface area contributed by atoms with E-state index in [9.17, 15) is 13.2 Å². The number of nitrogens with one attached hydrogen (secondary N) is 1. The molecule has 0 atom stereocenters. The van der Waals surface area contributed by atoms with E-state index in [2.05, 4.69) is 4.72 Å². The van der Waals surface area contributed by atoms with Gasteiger partial charge in [0.05, 0.1) is 11.3 Å². The summed E-state index contributed by atoms with van der Waals surface area (Å²) in [7, 11) is -2.08. The summed E-state index contributed by atoms with van der Waals surface area (Å²) in [6.45, 7) is 1.34. The summed E-state index contributed by atoms with van der Waals surface area (Å²) in [5.41, 5.74) is 1.40. The van der Waals surface area contributed by atoms with Crippen LogP contribution in [0.3, 0.4) is 0 Å². The Morgan fingerprint density at radius 2 is 1.83 bits per heavy atom. The highest BCUT2D eigenvalue weighted by Gasteiger charge is 2.21. The smallest absolute Gasteiger partial charge is 0.271 e. The number of carbonyl (C=O) groups excluding carboxylic acids is 1. The SMILES string of the molecule is CN(Cc1ccc2c(c1)OCCO2)C(=O)c1ccccc1NS(=O)(=O)c1cccs1. The standard InChI is InChI=1S/C21H20N2O5S2/c1-23(14-15-8-9-18-19(13-15)28-11-10-27-18)21(24)16-5-2-3-6-17(16)22-30(25,26)20-7-4-12-29-20/h2-9,12-13,22H,10-11,14H2,1H3. The molecular formula is C21H20N2O5S2. The van der Waals surface area contributed by atoms with Crippen LogP contribution >= 0.6 is 11.3 Å². The Balaban J connectivity index is 1.53. The van der Waals surface area contributed by atoms with Crippen molar-refractivity contribution in [3.63, 3.8) is 0 Å². The Hall–Kier alpha value is -3.04. The third-order valence-corrected chi connectivity index (χ3v) is 7.30. The van der Waals surface area contributed by atoms with E-state index < -0.39 is 10.0 Å². The van der Waals surface area contributed by atoms with Gasteiger partial charge in [-0.15, -0.1) is 11.3 Å². The predicted molar refractivity (Wildman–Crippen MR) is 115 cm³/mol. The molecule has 0 spiro atoms. The van der Waals surface area contributed by atoms with E-state index in [1.165, 1.54) is 11.0 Å². The molecule has 9 heteroatoms. The summed E-state index contributed by atoms with van der Waals surface area (Å²) in [5.74, 6) is 1.05. The predicted octanol–water partition coefficient (Wildman–Crippen LogP) is 3.59. The normalized spacial score (nSPS) is 13.0. The Bertz CT molecular complexity index is 1160. The fourth-order valence-corrected chi connectivity index (χ4v) is 5.18. The largest absolute Gasteiger partial charge is 0.486 e. The first-order valence-corrected chi connectivity index (χ1v) is 11.6. The van der Waals surface area contributed by atoms with Gasteiger partial charge in [0.25, 0.3) is 15.9 Å². The van der Waals surface area contributed by atoms with Crippen molar-refractivity contribution in [2.45, 2.75) is 10.8 Å². The van der Waals surface area contributed by atoms with E-state index in [-0.39, 0.29) is 21.4 Å². The first kappa shape index (κ1) is 20.2. The fourth-order valence-electron chi connectivity index (χ4n) is 3.11. The average molecular weight is 445 g/mol. The van der Waals surface area contributed by atoms with Gasteiger partial charge in [0.2, 0.25) is 0 Å². The number of benzene rings is 2. The number of para-hydroxylation sites is 1. The maximum atomic E-state index is 13.1. The van der Waals surface area contributed by atoms with Gasteiger partial charge in [-0.05, 0) is 41.3 Å². The van der Waals surface area contributed by atoms with E-state index in [0.29, 0.717) is 31.3 Å². The minimum absolute atomic E-state index is 0.189. The Kier molecular flexibility index (Phi) is 5.65. The number of rotatable bonds is 6. The molecule has 0 bridgehead atoms. The van der Waals surface area contributed by atoms with E-state index in [1.807, 2.05) is 18.2 Å². The second-order valence-electron chi connectivity index (χ2n) is 6.72. The molecule has 30 heavy (non-hydrogen) atoms. The zero-order valence-corrected chi connectivity index (χ0v) is 17.8. The molecule has 1 amide bonds. The lowest BCUT2D eigenvalue weighted by Crippen LogP contribution is -2.27. The molecule has 0 saturated carbocycles. The monoisotopic (exact) mass is 444 g/mol. The quantitative estimate of drug-likeness (QED) is 0.628. The summed E-state index contributed by atoms with van der Waals surface area (Å²) in [6.07, 6.45) is 0. The fraction of sp³-hybridized carbons (Fsp3) is 0.190. The third kappa shape index (κ3) is 4.27. The Labute approximate surface area is 178 Å². The number of nitrogens with zero attached hydrogens (tertiary/aromatic N) is 1. The van der Waals surface area contributed by atoms with Gasteiger partial charge >= 0.3 is 0 Å². The van der Waals surface area contributed by atoms with Crippen LogP contribution in [0.4, 0.5) is 5.69 Å². The lowest BCUT2D eigenvalue weighted by atomic mass is 10.1. The molecule has 7 nitrogen and oxygen atoms in total. The number of carbonyl (C=O) groups is 1. The molecule has 3 aromatic rings. The van der Waals surface area contributed by atoms with E-state index in [1.54, 1.807) is 42.8 Å². The number of fused-ring (bicyclic) bond motifs is 1. The molecular weight excluding hydrogens is 424 g/mol. The van der Waals surface area contributed by atoms with E-state index >= 15 is 0 Å². The van der Waals surface area contributed by atoms with Crippen LogP contribution in [0.15, 0.2) is 64.2 Å². The highest BCUT2D eigenvalue weighted by molar-refractivity contribution is 7.94. The van der Waals surface area contributed by atoms with E-state index in [4.69, 9.17) is 9.47 Å². The molecule has 1 aromatic heterocycles. The average Bonchev–Trinajstić information content (AvgIpc) is 3.29. The molecule has 1 aliphatic heterocycles. The topological polar surface area (TPSA) is 84.9 Å². The zero-order valence-electron chi connectivity index (χ0n) is 16.2. The van der Waals surface area contributed by atoms with Crippen LogP contribution < -0.4 is 14.2 Å². The molecule has 0 saturated heterocycles. The maximum Gasteiger partial charge on any atom is 0.271 e. The van der Waals surface area contributed by atoms with Crippen molar-refractivity contribution in [1.82, 2.24) is 4.90 Å². The highest BCUT2D eigenvalue weighted by atomic mass is 32.2. The summed E-state index contributed by atoms with van der Waals surface area (Å²) in [4.78, 5) is 14.6. The molecule has 1 N–H and O–H groups in total.